The van der Waals surface area contributed by atoms with E-state index in [1.54, 1.807) is 0 Å². The molecular weight excluding hydrogens is 426 g/mol. The number of benzene rings is 2. The largest absolute Gasteiger partial charge is 0.488 e. The van der Waals surface area contributed by atoms with Crippen molar-refractivity contribution >= 4 is 17.5 Å². The van der Waals surface area contributed by atoms with Gasteiger partial charge in [0.25, 0.3) is 5.91 Å². The number of hydrogen-bond donors (Lipinski definition) is 0. The zero-order valence-corrected chi connectivity index (χ0v) is 19.5. The zero-order valence-electron chi connectivity index (χ0n) is 18.7. The normalized spacial score (nSPS) is 14.6. The number of amides is 1. The summed E-state index contributed by atoms with van der Waals surface area (Å²) in [5.74, 6) is 1.34. The van der Waals surface area contributed by atoms with E-state index in [1.165, 1.54) is 5.56 Å². The first-order chi connectivity index (χ1) is 15.4. The summed E-state index contributed by atoms with van der Waals surface area (Å²) in [6.45, 7) is 9.78. The van der Waals surface area contributed by atoms with Gasteiger partial charge in [0, 0.05) is 37.7 Å². The van der Waals surface area contributed by atoms with Gasteiger partial charge in [-0.1, -0.05) is 47.1 Å². The Morgan fingerprint density at radius 2 is 1.75 bits per heavy atom. The van der Waals surface area contributed by atoms with Gasteiger partial charge in [0.2, 0.25) is 0 Å². The van der Waals surface area contributed by atoms with E-state index >= 15 is 0 Å². The Bertz CT molecular complexity index is 1080. The van der Waals surface area contributed by atoms with Crippen LogP contribution in [0.3, 0.4) is 0 Å². The van der Waals surface area contributed by atoms with Crippen LogP contribution in [-0.4, -0.2) is 47.0 Å². The third-order valence-electron chi connectivity index (χ3n) is 5.91. The molecule has 1 fully saturated rings. The molecule has 1 aliphatic heterocycles. The topological polar surface area (TPSA) is 58.8 Å². The van der Waals surface area contributed by atoms with E-state index in [1.807, 2.05) is 62.1 Å². The van der Waals surface area contributed by atoms with E-state index in [2.05, 4.69) is 16.1 Å². The van der Waals surface area contributed by atoms with Crippen molar-refractivity contribution in [2.75, 3.05) is 26.2 Å². The number of ether oxygens (including phenoxy) is 1. The number of hydrogen-bond acceptors (Lipinski definition) is 5. The second kappa shape index (κ2) is 9.76. The smallest absolute Gasteiger partial charge is 0.276 e. The third kappa shape index (κ3) is 4.97. The van der Waals surface area contributed by atoms with Gasteiger partial charge in [0.15, 0.2) is 5.69 Å². The molecule has 0 atom stereocenters. The van der Waals surface area contributed by atoms with Crippen molar-refractivity contribution in [2.45, 2.75) is 33.9 Å². The molecule has 0 saturated carbocycles. The fourth-order valence-corrected chi connectivity index (χ4v) is 4.27. The highest BCUT2D eigenvalue weighted by atomic mass is 35.5. The van der Waals surface area contributed by atoms with Crippen LogP contribution in [0, 0.1) is 20.8 Å². The lowest BCUT2D eigenvalue weighted by molar-refractivity contribution is 0.0616. The number of rotatable bonds is 6. The Kier molecular flexibility index (Phi) is 6.82. The number of nitrogens with zero attached hydrogens (tertiary/aromatic N) is 3. The minimum absolute atomic E-state index is 0.107. The average molecular weight is 454 g/mol. The lowest BCUT2D eigenvalue weighted by Gasteiger charge is -2.34. The molecular formula is C25H28ClN3O3. The molecule has 2 heterocycles. The molecule has 168 valence electrons. The molecule has 3 aromatic rings. The number of carbonyl (C=O) groups excluding carboxylic acids is 1. The molecule has 0 unspecified atom stereocenters. The highest BCUT2D eigenvalue weighted by Crippen LogP contribution is 2.25. The molecule has 0 N–H and O–H groups in total. The lowest BCUT2D eigenvalue weighted by atomic mass is 10.1. The molecule has 0 aliphatic carbocycles. The van der Waals surface area contributed by atoms with Gasteiger partial charge in [-0.15, -0.1) is 0 Å². The minimum Gasteiger partial charge on any atom is -0.488 e. The van der Waals surface area contributed by atoms with Crippen molar-refractivity contribution < 1.29 is 14.1 Å². The van der Waals surface area contributed by atoms with Crippen LogP contribution in [0.15, 0.2) is 47.0 Å². The summed E-state index contributed by atoms with van der Waals surface area (Å²) in [5.41, 5.74) is 4.34. The molecule has 1 aliphatic rings. The molecule has 2 aromatic carbocycles. The van der Waals surface area contributed by atoms with Crippen LogP contribution in [-0.2, 0) is 13.2 Å². The van der Waals surface area contributed by atoms with E-state index in [0.717, 1.165) is 41.5 Å². The van der Waals surface area contributed by atoms with Gasteiger partial charge < -0.3 is 14.2 Å². The van der Waals surface area contributed by atoms with Crippen molar-refractivity contribution in [3.05, 3.63) is 81.2 Å². The zero-order chi connectivity index (χ0) is 22.7. The van der Waals surface area contributed by atoms with Gasteiger partial charge in [-0.3, -0.25) is 9.69 Å². The van der Waals surface area contributed by atoms with Crippen LogP contribution < -0.4 is 4.74 Å². The molecule has 1 aromatic heterocycles. The maximum absolute atomic E-state index is 13.2. The van der Waals surface area contributed by atoms with E-state index in [9.17, 15) is 4.79 Å². The second-order valence-corrected chi connectivity index (χ2v) is 8.71. The summed E-state index contributed by atoms with van der Waals surface area (Å²) in [7, 11) is 0. The van der Waals surface area contributed by atoms with Crippen molar-refractivity contribution in [3.63, 3.8) is 0 Å². The molecule has 0 spiro atoms. The van der Waals surface area contributed by atoms with Gasteiger partial charge in [-0.05, 0) is 49.6 Å². The predicted octanol–water partition coefficient (Wildman–Crippen LogP) is 4.79. The number of halogens is 1. The first-order valence-corrected chi connectivity index (χ1v) is 11.2. The van der Waals surface area contributed by atoms with Crippen LogP contribution in [0.5, 0.6) is 5.75 Å². The predicted molar refractivity (Wildman–Crippen MR) is 124 cm³/mol. The Morgan fingerprint density at radius 3 is 2.44 bits per heavy atom. The summed E-state index contributed by atoms with van der Waals surface area (Å²) >= 11 is 6.10. The number of piperazine rings is 1. The van der Waals surface area contributed by atoms with Crippen LogP contribution in [0.4, 0.5) is 0 Å². The van der Waals surface area contributed by atoms with Crippen LogP contribution >= 0.6 is 11.6 Å². The van der Waals surface area contributed by atoms with Gasteiger partial charge in [-0.2, -0.15) is 0 Å². The Labute approximate surface area is 193 Å². The first kappa shape index (κ1) is 22.4. The number of aryl methyl sites for hydroxylation is 3. The third-order valence-corrected chi connectivity index (χ3v) is 6.15. The molecule has 0 bridgehead atoms. The van der Waals surface area contributed by atoms with Gasteiger partial charge in [0.1, 0.15) is 18.1 Å². The van der Waals surface area contributed by atoms with E-state index in [0.29, 0.717) is 30.1 Å². The van der Waals surface area contributed by atoms with E-state index in [4.69, 9.17) is 20.9 Å². The van der Waals surface area contributed by atoms with E-state index < -0.39 is 0 Å². The maximum atomic E-state index is 13.2. The second-order valence-electron chi connectivity index (χ2n) is 8.27. The van der Waals surface area contributed by atoms with Gasteiger partial charge in [-0.25, -0.2) is 0 Å². The summed E-state index contributed by atoms with van der Waals surface area (Å²) in [4.78, 5) is 17.4. The molecule has 1 saturated heterocycles. The first-order valence-electron chi connectivity index (χ1n) is 10.8. The number of aromatic nitrogens is 1. The molecule has 4 rings (SSSR count). The Hall–Kier alpha value is -2.83. The van der Waals surface area contributed by atoms with Gasteiger partial charge >= 0.3 is 0 Å². The van der Waals surface area contributed by atoms with Crippen molar-refractivity contribution in [2.24, 2.45) is 0 Å². The number of carbonyl (C=O) groups is 1. The SMILES string of the molecule is Cc1cccc(C)c1OCc1c(C(=O)N2CCN(Cc3cccc(Cl)c3)CC2)noc1C. The van der Waals surface area contributed by atoms with E-state index in [-0.39, 0.29) is 12.5 Å². The highest BCUT2D eigenvalue weighted by molar-refractivity contribution is 6.30. The summed E-state index contributed by atoms with van der Waals surface area (Å²) in [6.07, 6.45) is 0. The molecule has 0 radical (unpaired) electrons. The average Bonchev–Trinajstić information content (AvgIpc) is 3.14. The molecule has 6 nitrogen and oxygen atoms in total. The highest BCUT2D eigenvalue weighted by Gasteiger charge is 2.28. The Morgan fingerprint density at radius 1 is 1.06 bits per heavy atom. The fraction of sp³-hybridized carbons (Fsp3) is 0.360. The summed E-state index contributed by atoms with van der Waals surface area (Å²) in [6, 6.07) is 13.9. The standard InChI is InChI=1S/C25H28ClN3O3/c1-17-6-4-7-18(2)24(17)31-16-22-19(3)32-27-23(22)25(30)29-12-10-28(11-13-29)15-20-8-5-9-21(26)14-20/h4-9,14H,10-13,15-16H2,1-3H3. The number of para-hydroxylation sites is 1. The summed E-state index contributed by atoms with van der Waals surface area (Å²) in [5, 5.41) is 4.81. The van der Waals surface area contributed by atoms with Crippen LogP contribution in [0.2, 0.25) is 5.02 Å². The van der Waals surface area contributed by atoms with Gasteiger partial charge in [0.05, 0.1) is 5.56 Å². The van der Waals surface area contributed by atoms with Crippen LogP contribution in [0.1, 0.15) is 38.5 Å². The van der Waals surface area contributed by atoms with Crippen LogP contribution in [0.25, 0.3) is 0 Å². The molecule has 7 heteroatoms. The monoisotopic (exact) mass is 453 g/mol. The lowest BCUT2D eigenvalue weighted by Crippen LogP contribution is -2.48. The quantitative estimate of drug-likeness (QED) is 0.537. The summed E-state index contributed by atoms with van der Waals surface area (Å²) < 4.78 is 11.4. The molecule has 32 heavy (non-hydrogen) atoms. The molecule has 1 amide bonds. The Balaban J connectivity index is 1.39. The fourth-order valence-electron chi connectivity index (χ4n) is 4.05. The van der Waals surface area contributed by atoms with Crippen molar-refractivity contribution in [3.8, 4) is 5.75 Å². The minimum atomic E-state index is -0.107. The van der Waals surface area contributed by atoms with Crippen molar-refractivity contribution in [1.82, 2.24) is 15.0 Å². The van der Waals surface area contributed by atoms with Crippen molar-refractivity contribution in [1.29, 1.82) is 0 Å². The maximum Gasteiger partial charge on any atom is 0.276 e.